The average molecular weight is 382 g/mol. The second-order valence-corrected chi connectivity index (χ2v) is 9.31. The Morgan fingerprint density at radius 2 is 2.08 bits per heavy atom. The van der Waals surface area contributed by atoms with E-state index < -0.39 is 29.7 Å². The Bertz CT molecular complexity index is 617. The van der Waals surface area contributed by atoms with Crippen LogP contribution in [-0.2, 0) is 19.1 Å². The number of amides is 2. The van der Waals surface area contributed by atoms with Crippen molar-refractivity contribution in [2.45, 2.75) is 56.9 Å². The molecule has 0 aromatic carbocycles. The fourth-order valence-electron chi connectivity index (χ4n) is 4.18. The van der Waals surface area contributed by atoms with Crippen molar-refractivity contribution in [2.24, 2.45) is 17.8 Å². The van der Waals surface area contributed by atoms with Gasteiger partial charge in [0.15, 0.2) is 0 Å². The first-order valence-corrected chi connectivity index (χ1v) is 9.98. The molecule has 0 aromatic rings. The third kappa shape index (κ3) is 3.76. The topological polar surface area (TPSA) is 95.9 Å². The Kier molecular flexibility index (Phi) is 5.35. The lowest BCUT2D eigenvalue weighted by molar-refractivity contribution is -0.165. The van der Waals surface area contributed by atoms with E-state index >= 15 is 0 Å². The molecule has 2 bridgehead atoms. The minimum atomic E-state index is -1.19. The second-order valence-electron chi connectivity index (χ2n) is 8.16. The van der Waals surface area contributed by atoms with Gasteiger partial charge < -0.3 is 20.1 Å². The highest BCUT2D eigenvalue weighted by Crippen LogP contribution is 2.50. The van der Waals surface area contributed by atoms with Gasteiger partial charge in [0.2, 0.25) is 12.6 Å². The number of hydrogen-bond donors (Lipinski definition) is 2. The van der Waals surface area contributed by atoms with E-state index in [1.807, 2.05) is 0 Å². The maximum atomic E-state index is 13.2. The summed E-state index contributed by atoms with van der Waals surface area (Å²) in [6.07, 6.45) is 5.70. The Morgan fingerprint density at radius 1 is 1.35 bits per heavy atom. The number of carbonyl (C=O) groups is 3. The Hall–Kier alpha value is -1.54. The van der Waals surface area contributed by atoms with Crippen LogP contribution in [-0.4, -0.2) is 57.3 Å². The third-order valence-electron chi connectivity index (χ3n) is 5.19. The van der Waals surface area contributed by atoms with Gasteiger partial charge in [-0.3, -0.25) is 9.59 Å². The van der Waals surface area contributed by atoms with Crippen LogP contribution in [0.3, 0.4) is 0 Å². The number of carbonyl (C=O) groups excluding carboxylic acids is 2. The molecule has 26 heavy (non-hydrogen) atoms. The Morgan fingerprint density at radius 3 is 2.58 bits per heavy atom. The molecule has 3 unspecified atom stereocenters. The van der Waals surface area contributed by atoms with Crippen molar-refractivity contribution < 1.29 is 24.2 Å². The molecule has 6 atom stereocenters. The molecule has 0 spiro atoms. The molecule has 2 fully saturated rings. The standard InChI is InChI=1S/C18H26N2O5S/c1-18(2,3)25-14(19-9-21)15(22)20-13(17(23)24)8-26-16(20)12-7-10-4-5-11(12)6-10/h4-5,9-14,16H,6-8H2,1-3H3,(H,19,21)(H,23,24)/t10-,11?,12-,13+,14?,16?/m1/s1. The summed E-state index contributed by atoms with van der Waals surface area (Å²) in [4.78, 5) is 37.4. The number of allylic oxidation sites excluding steroid dienone is 2. The van der Waals surface area contributed by atoms with E-state index in [-0.39, 0.29) is 11.3 Å². The van der Waals surface area contributed by atoms with Gasteiger partial charge in [-0.2, -0.15) is 0 Å². The summed E-state index contributed by atoms with van der Waals surface area (Å²) in [5.74, 6) is 0.0123. The van der Waals surface area contributed by atoms with Gasteiger partial charge in [-0.25, -0.2) is 4.79 Å². The number of fused-ring (bicyclic) bond motifs is 2. The quantitative estimate of drug-likeness (QED) is 0.410. The molecule has 2 N–H and O–H groups in total. The number of nitrogens with one attached hydrogen (secondary N) is 1. The highest BCUT2D eigenvalue weighted by Gasteiger charge is 2.51. The van der Waals surface area contributed by atoms with Crippen LogP contribution in [0.15, 0.2) is 12.2 Å². The Balaban J connectivity index is 1.85. The zero-order valence-corrected chi connectivity index (χ0v) is 16.1. The van der Waals surface area contributed by atoms with E-state index in [9.17, 15) is 19.5 Å². The summed E-state index contributed by atoms with van der Waals surface area (Å²) < 4.78 is 5.70. The van der Waals surface area contributed by atoms with Crippen molar-refractivity contribution in [1.82, 2.24) is 10.2 Å². The number of hydrogen-bond acceptors (Lipinski definition) is 5. The van der Waals surface area contributed by atoms with Crippen molar-refractivity contribution in [1.29, 1.82) is 0 Å². The minimum Gasteiger partial charge on any atom is -0.480 e. The largest absolute Gasteiger partial charge is 0.480 e. The van der Waals surface area contributed by atoms with Gasteiger partial charge in [-0.05, 0) is 51.4 Å². The Labute approximate surface area is 157 Å². The summed E-state index contributed by atoms with van der Waals surface area (Å²) in [7, 11) is 0. The summed E-state index contributed by atoms with van der Waals surface area (Å²) in [6.45, 7) is 5.35. The molecule has 1 aliphatic heterocycles. The normalized spacial score (nSPS) is 34.1. The van der Waals surface area contributed by atoms with Crippen LogP contribution in [0, 0.1) is 17.8 Å². The molecule has 0 aromatic heterocycles. The first-order valence-electron chi connectivity index (χ1n) is 8.93. The lowest BCUT2D eigenvalue weighted by atomic mass is 9.92. The van der Waals surface area contributed by atoms with Crippen LogP contribution < -0.4 is 5.32 Å². The van der Waals surface area contributed by atoms with E-state index in [4.69, 9.17) is 4.74 Å². The molecular formula is C18H26N2O5S. The third-order valence-corrected chi connectivity index (χ3v) is 6.61. The van der Waals surface area contributed by atoms with E-state index in [1.54, 1.807) is 20.8 Å². The van der Waals surface area contributed by atoms with Crippen LogP contribution in [0.4, 0.5) is 0 Å². The predicted molar refractivity (Wildman–Crippen MR) is 97.2 cm³/mol. The second kappa shape index (κ2) is 7.23. The summed E-state index contributed by atoms with van der Waals surface area (Å²) in [6, 6.07) is -0.903. The molecule has 3 rings (SSSR count). The van der Waals surface area contributed by atoms with Gasteiger partial charge in [0, 0.05) is 5.75 Å². The average Bonchev–Trinajstić information content (AvgIpc) is 3.26. The van der Waals surface area contributed by atoms with Crippen molar-refractivity contribution in [3.63, 3.8) is 0 Å². The number of carboxylic acids is 1. The minimum absolute atomic E-state index is 0.205. The maximum Gasteiger partial charge on any atom is 0.327 e. The van der Waals surface area contributed by atoms with Gasteiger partial charge in [-0.1, -0.05) is 12.2 Å². The van der Waals surface area contributed by atoms with Gasteiger partial charge in [0.05, 0.1) is 11.0 Å². The van der Waals surface area contributed by atoms with Crippen LogP contribution in [0.5, 0.6) is 0 Å². The molecule has 1 saturated carbocycles. The van der Waals surface area contributed by atoms with E-state index in [2.05, 4.69) is 17.5 Å². The molecule has 2 aliphatic carbocycles. The van der Waals surface area contributed by atoms with Gasteiger partial charge in [-0.15, -0.1) is 11.8 Å². The SMILES string of the molecule is CC(C)(C)OC(NC=O)C(=O)N1C([C@@H]2C[C@@H]3C=CC2C3)SC[C@H]1C(=O)O. The van der Waals surface area contributed by atoms with E-state index in [0.29, 0.717) is 24.0 Å². The number of ether oxygens (including phenoxy) is 1. The monoisotopic (exact) mass is 382 g/mol. The van der Waals surface area contributed by atoms with Crippen molar-refractivity contribution >= 4 is 30.0 Å². The highest BCUT2D eigenvalue weighted by atomic mass is 32.2. The molecule has 1 heterocycles. The van der Waals surface area contributed by atoms with Gasteiger partial charge in [0.1, 0.15) is 6.04 Å². The molecule has 2 amide bonds. The fourth-order valence-corrected chi connectivity index (χ4v) is 5.84. The number of nitrogens with zero attached hydrogens (tertiary/aromatic N) is 1. The molecule has 3 aliphatic rings. The van der Waals surface area contributed by atoms with Crippen LogP contribution in [0.25, 0.3) is 0 Å². The first kappa shape index (κ1) is 19.2. The molecular weight excluding hydrogens is 356 g/mol. The lowest BCUT2D eigenvalue weighted by Gasteiger charge is -2.37. The summed E-state index contributed by atoms with van der Waals surface area (Å²) in [5.41, 5.74) is -0.660. The highest BCUT2D eigenvalue weighted by molar-refractivity contribution is 8.00. The molecule has 8 heteroatoms. The molecule has 0 radical (unpaired) electrons. The molecule has 1 saturated heterocycles. The van der Waals surface area contributed by atoms with Crippen LogP contribution in [0.2, 0.25) is 0 Å². The predicted octanol–water partition coefficient (Wildman–Crippen LogP) is 1.44. The fraction of sp³-hybridized carbons (Fsp3) is 0.722. The van der Waals surface area contributed by atoms with Crippen molar-refractivity contribution in [2.75, 3.05) is 5.75 Å². The van der Waals surface area contributed by atoms with Crippen molar-refractivity contribution in [3.8, 4) is 0 Å². The molecule has 144 valence electrons. The smallest absolute Gasteiger partial charge is 0.327 e. The van der Waals surface area contributed by atoms with E-state index in [0.717, 1.165) is 12.8 Å². The summed E-state index contributed by atoms with van der Waals surface area (Å²) in [5, 5.41) is 11.8. The molecule has 7 nitrogen and oxygen atoms in total. The maximum absolute atomic E-state index is 13.2. The lowest BCUT2D eigenvalue weighted by Crippen LogP contribution is -2.56. The van der Waals surface area contributed by atoms with Crippen molar-refractivity contribution in [3.05, 3.63) is 12.2 Å². The van der Waals surface area contributed by atoms with E-state index in [1.165, 1.54) is 16.7 Å². The zero-order chi connectivity index (χ0) is 19.1. The first-order chi connectivity index (χ1) is 12.2. The van der Waals surface area contributed by atoms with Gasteiger partial charge in [0.25, 0.3) is 5.91 Å². The number of thioether (sulfide) groups is 1. The zero-order valence-electron chi connectivity index (χ0n) is 15.3. The van der Waals surface area contributed by atoms with Crippen LogP contribution >= 0.6 is 11.8 Å². The number of carboxylic acid groups (broad SMARTS) is 1. The number of aliphatic carboxylic acids is 1. The number of rotatable bonds is 6. The van der Waals surface area contributed by atoms with Crippen LogP contribution in [0.1, 0.15) is 33.6 Å². The van der Waals surface area contributed by atoms with Gasteiger partial charge >= 0.3 is 5.97 Å². The summed E-state index contributed by atoms with van der Waals surface area (Å²) >= 11 is 1.52.